The molecular formula is C16H16F3N3O. The van der Waals surface area contributed by atoms with Crippen molar-refractivity contribution in [2.75, 3.05) is 6.61 Å². The standard InChI is InChI=1S/C16H16F3N3O/c17-16(18,19)11-2-1-3-12(7-11)22-15-6-10(8-20)4-5-13(15)14(21)9-23/h1-3,7,10,23H,4-6,9,21H2/b14-13-,22-15?. The van der Waals surface area contributed by atoms with Crippen LogP contribution in [0.15, 0.2) is 40.5 Å². The van der Waals surface area contributed by atoms with E-state index in [-0.39, 0.29) is 23.9 Å². The minimum atomic E-state index is -4.44. The van der Waals surface area contributed by atoms with Crippen LogP contribution in [0.25, 0.3) is 0 Å². The number of aliphatic hydroxyl groups is 1. The molecule has 1 aromatic carbocycles. The summed E-state index contributed by atoms with van der Waals surface area (Å²) >= 11 is 0. The van der Waals surface area contributed by atoms with Gasteiger partial charge in [-0.2, -0.15) is 18.4 Å². The van der Waals surface area contributed by atoms with Crippen LogP contribution in [0, 0.1) is 17.2 Å². The smallest absolute Gasteiger partial charge is 0.400 e. The number of hydrogen-bond donors (Lipinski definition) is 2. The van der Waals surface area contributed by atoms with Gasteiger partial charge in [0, 0.05) is 17.8 Å². The SMILES string of the molecule is N#CC1CC/C(=C(/N)CO)C(=Nc2cccc(C(F)(F)F)c2)C1. The molecule has 0 aliphatic heterocycles. The molecule has 0 saturated heterocycles. The van der Waals surface area contributed by atoms with Gasteiger partial charge < -0.3 is 10.8 Å². The predicted molar refractivity (Wildman–Crippen MR) is 79.8 cm³/mol. The summed E-state index contributed by atoms with van der Waals surface area (Å²) in [4.78, 5) is 4.26. The maximum Gasteiger partial charge on any atom is 0.416 e. The number of nitrogens with zero attached hydrogens (tertiary/aromatic N) is 2. The fraction of sp³-hybridized carbons (Fsp3) is 0.375. The quantitative estimate of drug-likeness (QED) is 0.876. The lowest BCUT2D eigenvalue weighted by Gasteiger charge is -2.22. The van der Waals surface area contributed by atoms with Crippen LogP contribution in [0.4, 0.5) is 18.9 Å². The highest BCUT2D eigenvalue weighted by atomic mass is 19.4. The van der Waals surface area contributed by atoms with E-state index in [0.29, 0.717) is 30.5 Å². The summed E-state index contributed by atoms with van der Waals surface area (Å²) in [6, 6.07) is 6.82. The Morgan fingerprint density at radius 1 is 1.43 bits per heavy atom. The molecule has 1 fully saturated rings. The Bertz CT molecular complexity index is 687. The molecule has 0 heterocycles. The van der Waals surface area contributed by atoms with Gasteiger partial charge in [0.25, 0.3) is 0 Å². The van der Waals surface area contributed by atoms with Gasteiger partial charge in [-0.1, -0.05) is 6.07 Å². The van der Waals surface area contributed by atoms with Gasteiger partial charge in [0.05, 0.1) is 29.8 Å². The number of halogens is 3. The first-order valence-electron chi connectivity index (χ1n) is 7.08. The molecule has 0 radical (unpaired) electrons. The van der Waals surface area contributed by atoms with Crippen LogP contribution >= 0.6 is 0 Å². The molecule has 23 heavy (non-hydrogen) atoms. The Kier molecular flexibility index (Phi) is 5.06. The van der Waals surface area contributed by atoms with Crippen molar-refractivity contribution in [3.05, 3.63) is 41.1 Å². The summed E-state index contributed by atoms with van der Waals surface area (Å²) in [5.74, 6) is -0.255. The van der Waals surface area contributed by atoms with Gasteiger partial charge in [0.15, 0.2) is 0 Å². The molecule has 1 saturated carbocycles. The van der Waals surface area contributed by atoms with Crippen molar-refractivity contribution in [2.45, 2.75) is 25.4 Å². The van der Waals surface area contributed by atoms with Gasteiger partial charge in [-0.3, -0.25) is 4.99 Å². The van der Waals surface area contributed by atoms with Crippen LogP contribution in [0.3, 0.4) is 0 Å². The highest BCUT2D eigenvalue weighted by molar-refractivity contribution is 6.03. The van der Waals surface area contributed by atoms with E-state index in [9.17, 15) is 18.3 Å². The maximum absolute atomic E-state index is 12.8. The van der Waals surface area contributed by atoms with Crippen molar-refractivity contribution in [3.8, 4) is 6.07 Å². The summed E-state index contributed by atoms with van der Waals surface area (Å²) in [5, 5.41) is 18.3. The van der Waals surface area contributed by atoms with Gasteiger partial charge in [-0.15, -0.1) is 0 Å². The zero-order chi connectivity index (χ0) is 17.0. The summed E-state index contributed by atoms with van der Waals surface area (Å²) in [7, 11) is 0. The Labute approximate surface area is 131 Å². The first-order chi connectivity index (χ1) is 10.8. The molecule has 1 aromatic rings. The fourth-order valence-corrected chi connectivity index (χ4v) is 2.49. The first-order valence-corrected chi connectivity index (χ1v) is 7.08. The second-order valence-electron chi connectivity index (χ2n) is 5.34. The van der Waals surface area contributed by atoms with Crippen LogP contribution < -0.4 is 5.73 Å². The molecule has 122 valence electrons. The van der Waals surface area contributed by atoms with Crippen LogP contribution in [-0.2, 0) is 6.18 Å². The highest BCUT2D eigenvalue weighted by Gasteiger charge is 2.30. The summed E-state index contributed by atoms with van der Waals surface area (Å²) in [5.41, 5.74) is 6.46. The monoisotopic (exact) mass is 323 g/mol. The molecule has 4 nitrogen and oxygen atoms in total. The van der Waals surface area contributed by atoms with Crippen LogP contribution in [-0.4, -0.2) is 17.4 Å². The van der Waals surface area contributed by atoms with E-state index in [0.717, 1.165) is 12.1 Å². The van der Waals surface area contributed by atoms with Crippen molar-refractivity contribution >= 4 is 11.4 Å². The minimum Gasteiger partial charge on any atom is -0.400 e. The van der Waals surface area contributed by atoms with Gasteiger partial charge in [0.1, 0.15) is 0 Å². The largest absolute Gasteiger partial charge is 0.416 e. The normalized spacial score (nSPS) is 22.7. The third kappa shape index (κ3) is 4.11. The molecule has 0 spiro atoms. The van der Waals surface area contributed by atoms with Crippen molar-refractivity contribution in [1.82, 2.24) is 0 Å². The third-order valence-electron chi connectivity index (χ3n) is 3.71. The van der Waals surface area contributed by atoms with Crippen LogP contribution in [0.2, 0.25) is 0 Å². The molecule has 3 N–H and O–H groups in total. The lowest BCUT2D eigenvalue weighted by atomic mass is 9.84. The minimum absolute atomic E-state index is 0.150. The molecule has 1 aliphatic rings. The topological polar surface area (TPSA) is 82.4 Å². The molecule has 1 unspecified atom stereocenters. The molecule has 1 atom stereocenters. The third-order valence-corrected chi connectivity index (χ3v) is 3.71. The van der Waals surface area contributed by atoms with Gasteiger partial charge in [-0.05, 0) is 36.6 Å². The number of nitrogens with two attached hydrogens (primary N) is 1. The van der Waals surface area contributed by atoms with E-state index >= 15 is 0 Å². The predicted octanol–water partition coefficient (Wildman–Crippen LogP) is 3.31. The van der Waals surface area contributed by atoms with Crippen molar-refractivity contribution in [3.63, 3.8) is 0 Å². The maximum atomic E-state index is 12.8. The zero-order valence-corrected chi connectivity index (χ0v) is 12.3. The number of allylic oxidation sites excluding steroid dienone is 1. The zero-order valence-electron chi connectivity index (χ0n) is 12.3. The van der Waals surface area contributed by atoms with E-state index in [1.54, 1.807) is 0 Å². The van der Waals surface area contributed by atoms with Gasteiger partial charge >= 0.3 is 6.18 Å². The first kappa shape index (κ1) is 17.0. The second-order valence-corrected chi connectivity index (χ2v) is 5.34. The summed E-state index contributed by atoms with van der Waals surface area (Å²) < 4.78 is 38.3. The Balaban J connectivity index is 2.43. The van der Waals surface area contributed by atoms with E-state index < -0.39 is 11.7 Å². The molecule has 1 aliphatic carbocycles. The molecule has 0 amide bonds. The molecule has 2 rings (SSSR count). The van der Waals surface area contributed by atoms with Crippen LogP contribution in [0.1, 0.15) is 24.8 Å². The summed E-state index contributed by atoms with van der Waals surface area (Å²) in [6.45, 7) is -0.353. The lowest BCUT2D eigenvalue weighted by molar-refractivity contribution is -0.137. The Hall–Kier alpha value is -2.33. The van der Waals surface area contributed by atoms with E-state index in [1.165, 1.54) is 12.1 Å². The van der Waals surface area contributed by atoms with Crippen LogP contribution in [0.5, 0.6) is 0 Å². The number of nitriles is 1. The molecule has 0 bridgehead atoms. The van der Waals surface area contributed by atoms with Gasteiger partial charge in [0.2, 0.25) is 0 Å². The summed E-state index contributed by atoms with van der Waals surface area (Å²) in [6.07, 6.45) is -3.07. The highest BCUT2D eigenvalue weighted by Crippen LogP contribution is 2.33. The van der Waals surface area contributed by atoms with E-state index in [4.69, 9.17) is 11.0 Å². The van der Waals surface area contributed by atoms with Crippen molar-refractivity contribution < 1.29 is 18.3 Å². The van der Waals surface area contributed by atoms with E-state index in [1.807, 2.05) is 0 Å². The molecule has 0 aromatic heterocycles. The number of alkyl halides is 3. The van der Waals surface area contributed by atoms with Crippen molar-refractivity contribution in [1.29, 1.82) is 5.26 Å². The van der Waals surface area contributed by atoms with Crippen molar-refractivity contribution in [2.24, 2.45) is 16.6 Å². The Morgan fingerprint density at radius 3 is 2.78 bits per heavy atom. The Morgan fingerprint density at radius 2 is 2.17 bits per heavy atom. The van der Waals surface area contributed by atoms with Gasteiger partial charge in [-0.25, -0.2) is 0 Å². The molecule has 7 heteroatoms. The molecular weight excluding hydrogens is 307 g/mol. The lowest BCUT2D eigenvalue weighted by Crippen LogP contribution is -2.22. The number of aliphatic imine (C=N–C) groups is 1. The van der Waals surface area contributed by atoms with E-state index in [2.05, 4.69) is 11.1 Å². The number of rotatable bonds is 2. The average molecular weight is 323 g/mol. The number of benzene rings is 1. The number of aliphatic hydroxyl groups excluding tert-OH is 1. The number of hydrogen-bond acceptors (Lipinski definition) is 4. The second kappa shape index (κ2) is 6.84. The average Bonchev–Trinajstić information content (AvgIpc) is 2.53. The fourth-order valence-electron chi connectivity index (χ4n) is 2.49.